The zero-order chi connectivity index (χ0) is 15.6. The molecule has 114 valence electrons. The first-order chi connectivity index (χ1) is 9.95. The van der Waals surface area contributed by atoms with E-state index >= 15 is 0 Å². The van der Waals surface area contributed by atoms with Crippen LogP contribution in [0.25, 0.3) is 11.0 Å². The molecule has 5 nitrogen and oxygen atoms in total. The van der Waals surface area contributed by atoms with Gasteiger partial charge in [0.2, 0.25) is 0 Å². The Balaban J connectivity index is 2.29. The van der Waals surface area contributed by atoms with Gasteiger partial charge >= 0.3 is 5.97 Å². The van der Waals surface area contributed by atoms with Crippen LogP contribution in [0.3, 0.4) is 0 Å². The highest BCUT2D eigenvalue weighted by atomic mass is 16.4. The summed E-state index contributed by atoms with van der Waals surface area (Å²) in [4.78, 5) is 17.9. The molecule has 2 aromatic rings. The van der Waals surface area contributed by atoms with Gasteiger partial charge in [-0.1, -0.05) is 26.0 Å². The fraction of sp³-hybridized carbons (Fsp3) is 0.500. The Kier molecular flexibility index (Phi) is 4.63. The molecule has 0 aliphatic carbocycles. The number of nitrogens with zero attached hydrogens (tertiary/aromatic N) is 3. The van der Waals surface area contributed by atoms with Gasteiger partial charge in [-0.25, -0.2) is 4.98 Å². The molecule has 0 fully saturated rings. The van der Waals surface area contributed by atoms with Gasteiger partial charge in [0.05, 0.1) is 23.0 Å². The second-order valence-electron chi connectivity index (χ2n) is 5.52. The molecular formula is C16H23N3O2. The van der Waals surface area contributed by atoms with Crippen molar-refractivity contribution in [2.45, 2.75) is 26.8 Å². The van der Waals surface area contributed by atoms with Crippen LogP contribution in [0.5, 0.6) is 0 Å². The first kappa shape index (κ1) is 15.5. The van der Waals surface area contributed by atoms with Crippen molar-refractivity contribution in [3.05, 3.63) is 30.1 Å². The van der Waals surface area contributed by atoms with E-state index in [1.165, 1.54) is 0 Å². The Hall–Kier alpha value is -1.88. The quantitative estimate of drug-likeness (QED) is 0.888. The van der Waals surface area contributed by atoms with Crippen LogP contribution >= 0.6 is 0 Å². The lowest BCUT2D eigenvalue weighted by molar-refractivity contribution is -0.141. The number of aromatic nitrogens is 2. The minimum Gasteiger partial charge on any atom is -0.481 e. The smallest absolute Gasteiger partial charge is 0.307 e. The van der Waals surface area contributed by atoms with Crippen LogP contribution in [0.15, 0.2) is 24.3 Å². The molecule has 5 heteroatoms. The molecule has 2 unspecified atom stereocenters. The molecule has 1 aromatic carbocycles. The number of para-hydroxylation sites is 2. The molecule has 0 saturated heterocycles. The first-order valence-corrected chi connectivity index (χ1v) is 7.33. The second kappa shape index (κ2) is 6.26. The number of benzene rings is 1. The van der Waals surface area contributed by atoms with Crippen molar-refractivity contribution in [1.82, 2.24) is 14.5 Å². The van der Waals surface area contributed by atoms with Crippen molar-refractivity contribution in [2.75, 3.05) is 13.1 Å². The van der Waals surface area contributed by atoms with E-state index < -0.39 is 5.97 Å². The molecule has 0 aliphatic rings. The zero-order valence-electron chi connectivity index (χ0n) is 13.1. The normalized spacial score (nSPS) is 14.5. The molecule has 0 saturated carbocycles. The van der Waals surface area contributed by atoms with Crippen molar-refractivity contribution >= 4 is 17.0 Å². The van der Waals surface area contributed by atoms with Crippen LogP contribution in [0.4, 0.5) is 0 Å². The highest BCUT2D eigenvalue weighted by Gasteiger charge is 2.23. The SMILES string of the molecule is CCN(CC(C)C(=O)O)C(C)c1nc2ccccc2n1C. The number of aryl methyl sites for hydroxylation is 1. The summed E-state index contributed by atoms with van der Waals surface area (Å²) in [5.74, 6) is -0.177. The average molecular weight is 289 g/mol. The number of hydrogen-bond acceptors (Lipinski definition) is 3. The van der Waals surface area contributed by atoms with Crippen LogP contribution in [0, 0.1) is 5.92 Å². The number of imidazole rings is 1. The fourth-order valence-corrected chi connectivity index (χ4v) is 2.69. The highest BCUT2D eigenvalue weighted by molar-refractivity contribution is 5.75. The van der Waals surface area contributed by atoms with Crippen LogP contribution < -0.4 is 0 Å². The Morgan fingerprint density at radius 2 is 2.05 bits per heavy atom. The van der Waals surface area contributed by atoms with Crippen LogP contribution in [-0.2, 0) is 11.8 Å². The van der Waals surface area contributed by atoms with E-state index in [4.69, 9.17) is 10.1 Å². The number of fused-ring (bicyclic) bond motifs is 1. The largest absolute Gasteiger partial charge is 0.481 e. The molecule has 1 N–H and O–H groups in total. The predicted molar refractivity (Wildman–Crippen MR) is 83.2 cm³/mol. The molecule has 1 heterocycles. The summed E-state index contributed by atoms with van der Waals surface area (Å²) < 4.78 is 2.09. The van der Waals surface area contributed by atoms with Crippen molar-refractivity contribution in [2.24, 2.45) is 13.0 Å². The minimum absolute atomic E-state index is 0.0780. The fourth-order valence-electron chi connectivity index (χ4n) is 2.69. The Morgan fingerprint density at radius 1 is 1.38 bits per heavy atom. The summed E-state index contributed by atoms with van der Waals surface area (Å²) in [5, 5.41) is 9.10. The van der Waals surface area contributed by atoms with Gasteiger partial charge in [0.25, 0.3) is 0 Å². The Bertz CT molecular complexity index is 635. The van der Waals surface area contributed by atoms with Crippen LogP contribution in [0.1, 0.15) is 32.6 Å². The number of hydrogen-bond donors (Lipinski definition) is 1. The second-order valence-corrected chi connectivity index (χ2v) is 5.52. The summed E-state index contributed by atoms with van der Waals surface area (Å²) in [6.07, 6.45) is 0. The maximum atomic E-state index is 11.1. The summed E-state index contributed by atoms with van der Waals surface area (Å²) in [6.45, 7) is 7.19. The predicted octanol–water partition coefficient (Wildman–Crippen LogP) is 2.68. The van der Waals surface area contributed by atoms with Gasteiger partial charge in [0.15, 0.2) is 0 Å². The van der Waals surface area contributed by atoms with Gasteiger partial charge in [0.1, 0.15) is 5.82 Å². The van der Waals surface area contributed by atoms with Gasteiger partial charge in [-0.3, -0.25) is 9.69 Å². The van der Waals surface area contributed by atoms with E-state index in [0.717, 1.165) is 23.4 Å². The summed E-state index contributed by atoms with van der Waals surface area (Å²) in [7, 11) is 2.01. The lowest BCUT2D eigenvalue weighted by Gasteiger charge is -2.28. The standard InChI is InChI=1S/C16H23N3O2/c1-5-19(10-11(2)16(20)21)12(3)15-17-13-8-6-7-9-14(13)18(15)4/h6-9,11-12H,5,10H2,1-4H3,(H,20,21). The maximum absolute atomic E-state index is 11.1. The van der Waals surface area contributed by atoms with Gasteiger partial charge in [-0.05, 0) is 25.6 Å². The molecule has 0 spiro atoms. The molecule has 0 amide bonds. The van der Waals surface area contributed by atoms with Crippen molar-refractivity contribution in [3.8, 4) is 0 Å². The monoisotopic (exact) mass is 289 g/mol. The molecule has 0 bridgehead atoms. The molecule has 2 rings (SSSR count). The van der Waals surface area contributed by atoms with Gasteiger partial charge in [0, 0.05) is 13.6 Å². The van der Waals surface area contributed by atoms with Crippen molar-refractivity contribution in [1.29, 1.82) is 0 Å². The third-order valence-corrected chi connectivity index (χ3v) is 4.08. The Morgan fingerprint density at radius 3 is 2.62 bits per heavy atom. The molecule has 0 aliphatic heterocycles. The number of aliphatic carboxylic acids is 1. The summed E-state index contributed by atoms with van der Waals surface area (Å²) in [5.41, 5.74) is 2.07. The average Bonchev–Trinajstić information content (AvgIpc) is 2.81. The molecule has 2 atom stereocenters. The lowest BCUT2D eigenvalue weighted by Crippen LogP contribution is -2.34. The van der Waals surface area contributed by atoms with Crippen LogP contribution in [0.2, 0.25) is 0 Å². The van der Waals surface area contributed by atoms with Crippen LogP contribution in [-0.4, -0.2) is 38.6 Å². The summed E-state index contributed by atoms with van der Waals surface area (Å²) >= 11 is 0. The molecule has 1 aromatic heterocycles. The number of carbonyl (C=O) groups is 1. The number of carboxylic acids is 1. The minimum atomic E-state index is -0.759. The van der Waals surface area contributed by atoms with E-state index in [1.54, 1.807) is 6.92 Å². The lowest BCUT2D eigenvalue weighted by atomic mass is 10.1. The maximum Gasteiger partial charge on any atom is 0.307 e. The zero-order valence-corrected chi connectivity index (χ0v) is 13.1. The molecular weight excluding hydrogens is 266 g/mol. The highest BCUT2D eigenvalue weighted by Crippen LogP contribution is 2.24. The van der Waals surface area contributed by atoms with E-state index in [-0.39, 0.29) is 12.0 Å². The van der Waals surface area contributed by atoms with E-state index in [2.05, 4.69) is 22.5 Å². The third-order valence-electron chi connectivity index (χ3n) is 4.08. The van der Waals surface area contributed by atoms with E-state index in [9.17, 15) is 4.79 Å². The topological polar surface area (TPSA) is 58.4 Å². The van der Waals surface area contributed by atoms with Gasteiger partial charge in [-0.2, -0.15) is 0 Å². The summed E-state index contributed by atoms with van der Waals surface area (Å²) in [6, 6.07) is 8.11. The molecule has 0 radical (unpaired) electrons. The third kappa shape index (κ3) is 3.08. The van der Waals surface area contributed by atoms with Gasteiger partial charge in [-0.15, -0.1) is 0 Å². The van der Waals surface area contributed by atoms with Crippen molar-refractivity contribution < 1.29 is 9.90 Å². The molecule has 21 heavy (non-hydrogen) atoms. The first-order valence-electron chi connectivity index (χ1n) is 7.33. The number of carboxylic acid groups (broad SMARTS) is 1. The van der Waals surface area contributed by atoms with Crippen molar-refractivity contribution in [3.63, 3.8) is 0 Å². The Labute approximate surface area is 125 Å². The van der Waals surface area contributed by atoms with E-state index in [0.29, 0.717) is 6.54 Å². The number of rotatable bonds is 6. The van der Waals surface area contributed by atoms with Gasteiger partial charge < -0.3 is 9.67 Å². The van der Waals surface area contributed by atoms with E-state index in [1.807, 2.05) is 32.2 Å².